The Kier molecular flexibility index (Phi) is 12.6. The third-order valence-corrected chi connectivity index (χ3v) is 8.72. The van der Waals surface area contributed by atoms with E-state index in [9.17, 15) is 9.59 Å². The molecule has 0 radical (unpaired) electrons. The number of aryl methyl sites for hydroxylation is 2. The van der Waals surface area contributed by atoms with Gasteiger partial charge in [0, 0.05) is 31.5 Å². The molecule has 9 nitrogen and oxygen atoms in total. The minimum atomic E-state index is -1.03. The van der Waals surface area contributed by atoms with Gasteiger partial charge in [0.25, 0.3) is 5.24 Å². The number of carboxylic acids is 1. The normalized spacial score (nSPS) is 10.7. The van der Waals surface area contributed by atoms with Gasteiger partial charge in [0.2, 0.25) is 0 Å². The highest BCUT2D eigenvalue weighted by Gasteiger charge is 2.15. The summed E-state index contributed by atoms with van der Waals surface area (Å²) in [4.78, 5) is 22.4. The van der Waals surface area contributed by atoms with Gasteiger partial charge in [-0.15, -0.1) is 0 Å². The predicted molar refractivity (Wildman–Crippen MR) is 199 cm³/mol. The van der Waals surface area contributed by atoms with E-state index in [2.05, 4.69) is 42.1 Å². The van der Waals surface area contributed by atoms with E-state index in [0.29, 0.717) is 26.3 Å². The summed E-state index contributed by atoms with van der Waals surface area (Å²) in [6, 6.07) is 34.8. The average molecular weight is 821 g/mol. The first-order valence-corrected chi connectivity index (χ1v) is 17.4. The summed E-state index contributed by atoms with van der Waals surface area (Å²) >= 11 is 12.5. The zero-order valence-corrected chi connectivity index (χ0v) is 31.2. The minimum Gasteiger partial charge on any atom is -0.489 e. The molecular formula is C38H33Br2ClN4O5. The Bertz CT molecular complexity index is 1940. The molecule has 0 aliphatic heterocycles. The van der Waals surface area contributed by atoms with E-state index in [0.717, 1.165) is 54.1 Å². The second-order valence-electron chi connectivity index (χ2n) is 11.3. The fourth-order valence-electron chi connectivity index (χ4n) is 4.96. The van der Waals surface area contributed by atoms with Gasteiger partial charge in [-0.2, -0.15) is 10.2 Å². The van der Waals surface area contributed by atoms with E-state index in [1.807, 2.05) is 111 Å². The topological polar surface area (TPSA) is 108 Å². The van der Waals surface area contributed by atoms with E-state index in [4.69, 9.17) is 26.2 Å². The first-order chi connectivity index (χ1) is 24.0. The highest BCUT2D eigenvalue weighted by molar-refractivity contribution is 9.10. The van der Waals surface area contributed by atoms with Gasteiger partial charge in [-0.05, 0) is 85.1 Å². The van der Waals surface area contributed by atoms with Crippen LogP contribution in [-0.2, 0) is 26.3 Å². The summed E-state index contributed by atoms with van der Waals surface area (Å²) in [5, 5.41) is 16.9. The molecule has 1 N–H and O–H groups in total. The van der Waals surface area contributed by atoms with Crippen LogP contribution in [0, 0.1) is 13.8 Å². The zero-order chi connectivity index (χ0) is 35.6. The van der Waals surface area contributed by atoms with Crippen LogP contribution in [0.3, 0.4) is 0 Å². The van der Waals surface area contributed by atoms with Crippen LogP contribution in [0.15, 0.2) is 118 Å². The molecule has 0 saturated heterocycles. The number of ether oxygens (including phenoxy) is 2. The number of hydrogen-bond acceptors (Lipinski definition) is 6. The van der Waals surface area contributed by atoms with Crippen LogP contribution in [0.5, 0.6) is 11.5 Å². The fourth-order valence-corrected chi connectivity index (χ4v) is 5.87. The van der Waals surface area contributed by atoms with Crippen LogP contribution in [0.1, 0.15) is 54.6 Å². The third kappa shape index (κ3) is 10.2. The van der Waals surface area contributed by atoms with Crippen LogP contribution in [0.2, 0.25) is 0 Å². The first kappa shape index (κ1) is 36.6. The van der Waals surface area contributed by atoms with Crippen molar-refractivity contribution in [2.24, 2.45) is 0 Å². The quantitative estimate of drug-likeness (QED) is 0.123. The molecule has 12 heteroatoms. The molecule has 2 heterocycles. The van der Waals surface area contributed by atoms with Gasteiger partial charge in [0.1, 0.15) is 30.4 Å². The molecule has 6 aromatic rings. The summed E-state index contributed by atoms with van der Waals surface area (Å²) in [6.07, 6.45) is 0. The number of rotatable bonds is 12. The Hall–Kier alpha value is -4.71. The lowest BCUT2D eigenvalue weighted by molar-refractivity contribution is 0.0689. The summed E-state index contributed by atoms with van der Waals surface area (Å²) in [7, 11) is 0. The van der Waals surface area contributed by atoms with Crippen molar-refractivity contribution in [3.63, 3.8) is 0 Å². The Balaban J connectivity index is 0.000000194. The van der Waals surface area contributed by atoms with Gasteiger partial charge < -0.3 is 14.6 Å². The lowest BCUT2D eigenvalue weighted by atomic mass is 10.2. The molecule has 0 unspecified atom stereocenters. The number of carbonyl (C=O) groups is 2. The second kappa shape index (κ2) is 17.3. The zero-order valence-electron chi connectivity index (χ0n) is 27.2. The standard InChI is InChI=1S/C19H16BrClN2O2.C19H17BrN2O3/c1-13-9-17(19(21)24)22-23(13)11-15-10-16(20)7-8-18(15)25-12-14-5-3-2-4-6-14;1-13-9-17(19(23)24)21-22(13)11-15-10-16(20)7-8-18(15)25-12-14-5-3-2-4-6-14/h2-10H,11-12H2,1H3;2-10H,11-12H2,1H3,(H,23,24). The Morgan fingerprint density at radius 3 is 1.46 bits per heavy atom. The van der Waals surface area contributed by atoms with Crippen LogP contribution in [0.4, 0.5) is 0 Å². The maximum atomic E-state index is 11.3. The summed E-state index contributed by atoms with van der Waals surface area (Å²) in [6.45, 7) is 5.59. The molecule has 0 atom stereocenters. The monoisotopic (exact) mass is 818 g/mol. The molecule has 0 aliphatic rings. The smallest absolute Gasteiger partial charge is 0.356 e. The van der Waals surface area contributed by atoms with Crippen molar-refractivity contribution < 1.29 is 24.2 Å². The molecule has 0 fully saturated rings. The minimum absolute atomic E-state index is 0.0410. The Labute approximate surface area is 311 Å². The molecule has 2 aromatic heterocycles. The third-order valence-electron chi connectivity index (χ3n) is 7.54. The number of benzene rings is 4. The predicted octanol–water partition coefficient (Wildman–Crippen LogP) is 9.24. The number of carbonyl (C=O) groups excluding carboxylic acids is 1. The number of halogens is 3. The Morgan fingerprint density at radius 2 is 1.08 bits per heavy atom. The van der Waals surface area contributed by atoms with Crippen LogP contribution in [-0.4, -0.2) is 35.9 Å². The second-order valence-corrected chi connectivity index (χ2v) is 13.5. The maximum absolute atomic E-state index is 11.3. The molecule has 0 saturated carbocycles. The molecule has 4 aromatic carbocycles. The van der Waals surface area contributed by atoms with E-state index >= 15 is 0 Å². The molecule has 0 aliphatic carbocycles. The SMILES string of the molecule is Cc1cc(C(=O)Cl)nn1Cc1cc(Br)ccc1OCc1ccccc1.Cc1cc(C(=O)O)nn1Cc1cc(Br)ccc1OCc1ccccc1. The van der Waals surface area contributed by atoms with E-state index in [1.54, 1.807) is 21.5 Å². The summed E-state index contributed by atoms with van der Waals surface area (Å²) in [5.41, 5.74) is 6.00. The number of carboxylic acid groups (broad SMARTS) is 1. The van der Waals surface area contributed by atoms with Crippen molar-refractivity contribution in [3.05, 3.63) is 163 Å². The molecule has 0 spiro atoms. The number of hydrogen-bond donors (Lipinski definition) is 1. The largest absolute Gasteiger partial charge is 0.489 e. The Morgan fingerprint density at radius 1 is 0.660 bits per heavy atom. The molecule has 50 heavy (non-hydrogen) atoms. The van der Waals surface area contributed by atoms with Crippen LogP contribution >= 0.6 is 43.5 Å². The van der Waals surface area contributed by atoms with Gasteiger partial charge in [-0.25, -0.2) is 4.79 Å². The van der Waals surface area contributed by atoms with Gasteiger partial charge in [0.15, 0.2) is 5.69 Å². The van der Waals surface area contributed by atoms with Crippen molar-refractivity contribution in [2.75, 3.05) is 0 Å². The molecular weight excluding hydrogens is 788 g/mol. The highest BCUT2D eigenvalue weighted by atomic mass is 79.9. The lowest BCUT2D eigenvalue weighted by Crippen LogP contribution is -2.08. The summed E-state index contributed by atoms with van der Waals surface area (Å²) < 4.78 is 17.2. The average Bonchev–Trinajstić information content (AvgIpc) is 3.66. The molecule has 256 valence electrons. The van der Waals surface area contributed by atoms with Gasteiger partial charge in [-0.1, -0.05) is 92.5 Å². The van der Waals surface area contributed by atoms with Crippen molar-refractivity contribution in [1.82, 2.24) is 19.6 Å². The van der Waals surface area contributed by atoms with Gasteiger partial charge in [-0.3, -0.25) is 14.2 Å². The number of nitrogens with zero attached hydrogens (tertiary/aromatic N) is 4. The van der Waals surface area contributed by atoms with E-state index < -0.39 is 11.2 Å². The highest BCUT2D eigenvalue weighted by Crippen LogP contribution is 2.27. The van der Waals surface area contributed by atoms with Crippen molar-refractivity contribution in [3.8, 4) is 11.5 Å². The van der Waals surface area contributed by atoms with E-state index in [1.165, 1.54) is 0 Å². The molecule has 6 rings (SSSR count). The number of aromatic carboxylic acids is 1. The van der Waals surface area contributed by atoms with E-state index in [-0.39, 0.29) is 11.4 Å². The van der Waals surface area contributed by atoms with Crippen molar-refractivity contribution >= 4 is 54.7 Å². The fraction of sp³-hybridized carbons (Fsp3) is 0.158. The van der Waals surface area contributed by atoms with Gasteiger partial charge in [0.05, 0.1) is 13.1 Å². The molecule has 0 bridgehead atoms. The first-order valence-electron chi connectivity index (χ1n) is 15.5. The number of aromatic nitrogens is 4. The van der Waals surface area contributed by atoms with Crippen LogP contribution < -0.4 is 9.47 Å². The van der Waals surface area contributed by atoms with Crippen molar-refractivity contribution in [1.29, 1.82) is 0 Å². The van der Waals surface area contributed by atoms with Gasteiger partial charge >= 0.3 is 5.97 Å². The lowest BCUT2D eigenvalue weighted by Gasteiger charge is -2.13. The summed E-state index contributed by atoms with van der Waals surface area (Å²) in [5.74, 6) is 0.496. The van der Waals surface area contributed by atoms with Crippen LogP contribution in [0.25, 0.3) is 0 Å². The van der Waals surface area contributed by atoms with Crippen molar-refractivity contribution in [2.45, 2.75) is 40.2 Å². The molecule has 0 amide bonds. The maximum Gasteiger partial charge on any atom is 0.356 e.